The van der Waals surface area contributed by atoms with E-state index in [1.165, 1.54) is 0 Å². The van der Waals surface area contributed by atoms with Gasteiger partial charge in [-0.05, 0) is 36.8 Å². The first-order valence-corrected chi connectivity index (χ1v) is 8.22. The highest BCUT2D eigenvalue weighted by molar-refractivity contribution is 5.81. The number of para-hydroxylation sites is 1. The lowest BCUT2D eigenvalue weighted by atomic mass is 10.1. The van der Waals surface area contributed by atoms with Crippen LogP contribution in [0, 0.1) is 0 Å². The van der Waals surface area contributed by atoms with Crippen molar-refractivity contribution in [1.29, 1.82) is 0 Å². The van der Waals surface area contributed by atoms with Crippen molar-refractivity contribution in [2.45, 2.75) is 26.2 Å². The van der Waals surface area contributed by atoms with E-state index in [1.807, 2.05) is 42.5 Å². The SMILES string of the molecule is CCCCc1nc2ccccc2c(=O)n1-c1ccc2[nH]ncc2c1. The summed E-state index contributed by atoms with van der Waals surface area (Å²) in [7, 11) is 0. The molecule has 0 aliphatic rings. The van der Waals surface area contributed by atoms with Crippen LogP contribution >= 0.6 is 0 Å². The summed E-state index contributed by atoms with van der Waals surface area (Å²) in [6.45, 7) is 2.14. The third kappa shape index (κ3) is 2.38. The first kappa shape index (κ1) is 14.6. The summed E-state index contributed by atoms with van der Waals surface area (Å²) >= 11 is 0. The molecule has 0 radical (unpaired) electrons. The summed E-state index contributed by atoms with van der Waals surface area (Å²) in [6, 6.07) is 13.4. The highest BCUT2D eigenvalue weighted by Crippen LogP contribution is 2.19. The highest BCUT2D eigenvalue weighted by Gasteiger charge is 2.13. The molecule has 0 fully saturated rings. The lowest BCUT2D eigenvalue weighted by molar-refractivity contribution is 0.721. The van der Waals surface area contributed by atoms with Crippen LogP contribution in [0.2, 0.25) is 0 Å². The maximum absolute atomic E-state index is 13.1. The van der Waals surface area contributed by atoms with E-state index in [4.69, 9.17) is 4.98 Å². The Balaban J connectivity index is 2.00. The maximum Gasteiger partial charge on any atom is 0.265 e. The van der Waals surface area contributed by atoms with Crippen molar-refractivity contribution in [1.82, 2.24) is 19.7 Å². The Morgan fingerprint density at radius 1 is 1.17 bits per heavy atom. The molecule has 2 heterocycles. The van der Waals surface area contributed by atoms with Crippen LogP contribution in [0.5, 0.6) is 0 Å². The van der Waals surface area contributed by atoms with E-state index >= 15 is 0 Å². The molecular formula is C19H18N4O. The third-order valence-corrected chi connectivity index (χ3v) is 4.28. The number of fused-ring (bicyclic) bond motifs is 2. The number of unbranched alkanes of at least 4 members (excludes halogenated alkanes) is 1. The van der Waals surface area contributed by atoms with E-state index in [9.17, 15) is 4.79 Å². The number of aromatic amines is 1. The minimum atomic E-state index is -0.0189. The summed E-state index contributed by atoms with van der Waals surface area (Å²) in [5, 5.41) is 8.61. The van der Waals surface area contributed by atoms with Gasteiger partial charge >= 0.3 is 0 Å². The Morgan fingerprint density at radius 3 is 2.92 bits per heavy atom. The third-order valence-electron chi connectivity index (χ3n) is 4.28. The average molecular weight is 318 g/mol. The zero-order chi connectivity index (χ0) is 16.5. The van der Waals surface area contributed by atoms with E-state index in [0.29, 0.717) is 5.39 Å². The van der Waals surface area contributed by atoms with Gasteiger partial charge in [0.05, 0.1) is 28.3 Å². The molecule has 0 amide bonds. The van der Waals surface area contributed by atoms with Gasteiger partial charge in [0.15, 0.2) is 0 Å². The second kappa shape index (κ2) is 5.92. The van der Waals surface area contributed by atoms with Crippen LogP contribution in [0.3, 0.4) is 0 Å². The van der Waals surface area contributed by atoms with Crippen molar-refractivity contribution in [3.63, 3.8) is 0 Å². The van der Waals surface area contributed by atoms with Crippen LogP contribution in [0.25, 0.3) is 27.5 Å². The van der Waals surface area contributed by atoms with Crippen LogP contribution in [0.15, 0.2) is 53.5 Å². The zero-order valence-electron chi connectivity index (χ0n) is 13.5. The minimum Gasteiger partial charge on any atom is -0.278 e. The Labute approximate surface area is 139 Å². The van der Waals surface area contributed by atoms with Crippen molar-refractivity contribution in [2.24, 2.45) is 0 Å². The number of hydrogen-bond donors (Lipinski definition) is 1. The van der Waals surface area contributed by atoms with Crippen molar-refractivity contribution < 1.29 is 0 Å². The van der Waals surface area contributed by atoms with E-state index < -0.39 is 0 Å². The Hall–Kier alpha value is -2.95. The summed E-state index contributed by atoms with van der Waals surface area (Å²) < 4.78 is 1.74. The van der Waals surface area contributed by atoms with Crippen LogP contribution < -0.4 is 5.56 Å². The van der Waals surface area contributed by atoms with Crippen LogP contribution in [0.4, 0.5) is 0 Å². The summed E-state index contributed by atoms with van der Waals surface area (Å²) in [5.41, 5.74) is 2.53. The molecule has 1 N–H and O–H groups in total. The molecule has 0 spiro atoms. The molecule has 4 rings (SSSR count). The number of nitrogens with zero attached hydrogens (tertiary/aromatic N) is 3. The first-order chi connectivity index (χ1) is 11.8. The van der Waals surface area contributed by atoms with Gasteiger partial charge < -0.3 is 0 Å². The van der Waals surface area contributed by atoms with E-state index in [2.05, 4.69) is 17.1 Å². The maximum atomic E-state index is 13.1. The number of nitrogens with one attached hydrogen (secondary N) is 1. The van der Waals surface area contributed by atoms with E-state index in [-0.39, 0.29) is 5.56 Å². The van der Waals surface area contributed by atoms with Crippen LogP contribution in [-0.4, -0.2) is 19.7 Å². The molecule has 2 aromatic carbocycles. The molecule has 120 valence electrons. The van der Waals surface area contributed by atoms with Gasteiger partial charge in [0.2, 0.25) is 0 Å². The van der Waals surface area contributed by atoms with Crippen molar-refractivity contribution in [3.8, 4) is 5.69 Å². The van der Waals surface area contributed by atoms with Crippen molar-refractivity contribution >= 4 is 21.8 Å². The van der Waals surface area contributed by atoms with Crippen molar-refractivity contribution in [2.75, 3.05) is 0 Å². The molecule has 24 heavy (non-hydrogen) atoms. The lowest BCUT2D eigenvalue weighted by Gasteiger charge is -2.13. The summed E-state index contributed by atoms with van der Waals surface area (Å²) in [6.07, 6.45) is 4.60. The van der Waals surface area contributed by atoms with Gasteiger partial charge in [0.25, 0.3) is 5.56 Å². The van der Waals surface area contributed by atoms with Gasteiger partial charge in [-0.25, -0.2) is 4.98 Å². The van der Waals surface area contributed by atoms with Gasteiger partial charge in [-0.1, -0.05) is 25.5 Å². The number of H-pyrrole nitrogens is 1. The molecule has 0 saturated heterocycles. The van der Waals surface area contributed by atoms with E-state index in [0.717, 1.165) is 47.2 Å². The standard InChI is InChI=1S/C19H18N4O/c1-2-3-8-18-21-17-7-5-4-6-15(17)19(24)23(18)14-9-10-16-13(11-14)12-20-22-16/h4-7,9-12H,2-3,8H2,1H3,(H,20,22). The Bertz CT molecular complexity index is 1080. The molecule has 0 bridgehead atoms. The molecule has 4 aromatic rings. The largest absolute Gasteiger partial charge is 0.278 e. The van der Waals surface area contributed by atoms with E-state index in [1.54, 1.807) is 10.8 Å². The van der Waals surface area contributed by atoms with Crippen LogP contribution in [-0.2, 0) is 6.42 Å². The van der Waals surface area contributed by atoms with Gasteiger partial charge in [-0.15, -0.1) is 0 Å². The van der Waals surface area contributed by atoms with Gasteiger partial charge in [0, 0.05) is 11.8 Å². The molecule has 5 nitrogen and oxygen atoms in total. The van der Waals surface area contributed by atoms with Crippen LogP contribution in [0.1, 0.15) is 25.6 Å². The first-order valence-electron chi connectivity index (χ1n) is 8.22. The number of rotatable bonds is 4. The van der Waals surface area contributed by atoms with Gasteiger partial charge in [-0.3, -0.25) is 14.5 Å². The number of benzene rings is 2. The Morgan fingerprint density at radius 2 is 2.04 bits per heavy atom. The van der Waals surface area contributed by atoms with Crippen molar-refractivity contribution in [3.05, 3.63) is 64.8 Å². The molecule has 5 heteroatoms. The highest BCUT2D eigenvalue weighted by atomic mass is 16.1. The van der Waals surface area contributed by atoms with Gasteiger partial charge in [0.1, 0.15) is 5.82 Å². The molecule has 0 atom stereocenters. The molecule has 0 aliphatic heterocycles. The fourth-order valence-corrected chi connectivity index (χ4v) is 3.02. The van der Waals surface area contributed by atoms with Gasteiger partial charge in [-0.2, -0.15) is 5.10 Å². The Kier molecular flexibility index (Phi) is 3.61. The predicted octanol–water partition coefficient (Wildman–Crippen LogP) is 3.60. The molecule has 2 aromatic heterocycles. The lowest BCUT2D eigenvalue weighted by Crippen LogP contribution is -2.24. The fourth-order valence-electron chi connectivity index (χ4n) is 3.02. The molecule has 0 saturated carbocycles. The smallest absolute Gasteiger partial charge is 0.265 e. The second-order valence-corrected chi connectivity index (χ2v) is 5.93. The molecule has 0 aliphatic carbocycles. The fraction of sp³-hybridized carbons (Fsp3) is 0.211. The monoisotopic (exact) mass is 318 g/mol. The average Bonchev–Trinajstić information content (AvgIpc) is 3.07. The zero-order valence-corrected chi connectivity index (χ0v) is 13.5. The normalized spacial score (nSPS) is 11.4. The molecular weight excluding hydrogens is 300 g/mol. The quantitative estimate of drug-likeness (QED) is 0.625. The number of hydrogen-bond acceptors (Lipinski definition) is 3. The topological polar surface area (TPSA) is 63.6 Å². The summed E-state index contributed by atoms with van der Waals surface area (Å²) in [5.74, 6) is 0.809. The number of aromatic nitrogens is 4. The minimum absolute atomic E-state index is 0.0189. The number of aryl methyl sites for hydroxylation is 1. The summed E-state index contributed by atoms with van der Waals surface area (Å²) in [4.78, 5) is 17.8. The predicted molar refractivity (Wildman–Crippen MR) is 95.6 cm³/mol. The molecule has 0 unspecified atom stereocenters. The second-order valence-electron chi connectivity index (χ2n) is 5.93.